The molecule has 0 unspecified atom stereocenters. The quantitative estimate of drug-likeness (QED) is 0.690. The number of rotatable bonds is 3. The van der Waals surface area contributed by atoms with Crippen molar-refractivity contribution in [3.8, 4) is 0 Å². The molecule has 4 aliphatic rings. The Morgan fingerprint density at radius 1 is 1.13 bits per heavy atom. The summed E-state index contributed by atoms with van der Waals surface area (Å²) in [5.41, 5.74) is 0.888. The second-order valence-corrected chi connectivity index (χ2v) is 9.13. The molecule has 0 aromatic carbocycles. The largest absolute Gasteiger partial charge is 0.340 e. The van der Waals surface area contributed by atoms with Crippen LogP contribution in [0.2, 0.25) is 0 Å². The molecule has 30 heavy (non-hydrogen) atoms. The van der Waals surface area contributed by atoms with Crippen molar-refractivity contribution in [1.82, 2.24) is 24.5 Å². The minimum Gasteiger partial charge on any atom is -0.340 e. The fraction of sp³-hybridized carbons (Fsp3) is 0.636. The molecule has 3 amide bonds. The Morgan fingerprint density at radius 3 is 2.63 bits per heavy atom. The monoisotopic (exact) mass is 411 g/mol. The van der Waals surface area contributed by atoms with Crippen LogP contribution >= 0.6 is 0 Å². The lowest BCUT2D eigenvalue weighted by molar-refractivity contribution is -0.167. The molecule has 4 aliphatic heterocycles. The second-order valence-electron chi connectivity index (χ2n) is 9.13. The molecule has 0 aliphatic carbocycles. The number of amides is 3. The molecule has 8 heteroatoms. The van der Waals surface area contributed by atoms with E-state index in [0.29, 0.717) is 32.6 Å². The third kappa shape index (κ3) is 3.32. The molecule has 2 bridgehead atoms. The van der Waals surface area contributed by atoms with Crippen LogP contribution < -0.4 is 0 Å². The zero-order valence-electron chi connectivity index (χ0n) is 17.4. The van der Waals surface area contributed by atoms with E-state index in [2.05, 4.69) is 5.10 Å². The van der Waals surface area contributed by atoms with E-state index in [9.17, 15) is 14.4 Å². The standard InChI is InChI=1S/C22H29N5O3/c1-15-7-10-26(23-15)14-20(29)25-12-16-11-17(13-25)21(22(30)24-8-2-3-9-24)27-18(16)5-4-6-19(27)28/h2-3,7,10,16-18,21H,4-6,8-9,11-14H2,1H3/t16-,17+,18+,21-/m1/s1. The van der Waals surface area contributed by atoms with Crippen LogP contribution in [0.4, 0.5) is 0 Å². The van der Waals surface area contributed by atoms with Gasteiger partial charge in [-0.25, -0.2) is 0 Å². The van der Waals surface area contributed by atoms with Gasteiger partial charge in [0.15, 0.2) is 0 Å². The predicted octanol–water partition coefficient (Wildman–Crippen LogP) is 0.818. The smallest absolute Gasteiger partial charge is 0.246 e. The van der Waals surface area contributed by atoms with Crippen LogP contribution in [0.3, 0.4) is 0 Å². The Morgan fingerprint density at radius 2 is 1.90 bits per heavy atom. The van der Waals surface area contributed by atoms with E-state index in [1.807, 2.05) is 46.0 Å². The molecule has 5 heterocycles. The minimum absolute atomic E-state index is 0.00143. The van der Waals surface area contributed by atoms with E-state index in [-0.39, 0.29) is 42.1 Å². The lowest BCUT2D eigenvalue weighted by Crippen LogP contribution is -2.69. The third-order valence-corrected chi connectivity index (χ3v) is 7.15. The van der Waals surface area contributed by atoms with Crippen LogP contribution in [0, 0.1) is 18.8 Å². The van der Waals surface area contributed by atoms with Crippen LogP contribution in [0.25, 0.3) is 0 Å². The molecular weight excluding hydrogens is 382 g/mol. The molecular formula is C22H29N5O3. The van der Waals surface area contributed by atoms with Crippen LogP contribution in [0.1, 0.15) is 31.4 Å². The predicted molar refractivity (Wildman–Crippen MR) is 109 cm³/mol. The summed E-state index contributed by atoms with van der Waals surface area (Å²) in [6.07, 6.45) is 9.06. The Hall–Kier alpha value is -2.64. The fourth-order valence-electron chi connectivity index (χ4n) is 5.81. The van der Waals surface area contributed by atoms with Crippen LogP contribution in [0.15, 0.2) is 24.4 Å². The van der Waals surface area contributed by atoms with Gasteiger partial charge in [-0.3, -0.25) is 19.1 Å². The van der Waals surface area contributed by atoms with Crippen molar-refractivity contribution in [2.24, 2.45) is 11.8 Å². The number of carbonyl (C=O) groups excluding carboxylic acids is 3. The third-order valence-electron chi connectivity index (χ3n) is 7.15. The van der Waals surface area contributed by atoms with Crippen molar-refractivity contribution in [2.75, 3.05) is 26.2 Å². The number of piperidine rings is 3. The van der Waals surface area contributed by atoms with Gasteiger partial charge in [-0.05, 0) is 38.2 Å². The van der Waals surface area contributed by atoms with Gasteiger partial charge in [-0.15, -0.1) is 0 Å². The number of fused-ring (bicyclic) bond motifs is 4. The average Bonchev–Trinajstić information content (AvgIpc) is 3.40. The number of aromatic nitrogens is 2. The number of hydrogen-bond donors (Lipinski definition) is 0. The van der Waals surface area contributed by atoms with Gasteiger partial charge in [0.25, 0.3) is 0 Å². The van der Waals surface area contributed by atoms with Gasteiger partial charge in [-0.1, -0.05) is 12.2 Å². The van der Waals surface area contributed by atoms with E-state index in [4.69, 9.17) is 0 Å². The topological polar surface area (TPSA) is 78.8 Å². The van der Waals surface area contributed by atoms with Crippen LogP contribution in [-0.4, -0.2) is 80.5 Å². The van der Waals surface area contributed by atoms with Crippen LogP contribution in [-0.2, 0) is 20.9 Å². The number of aryl methyl sites for hydroxylation is 1. The second kappa shape index (κ2) is 7.56. The summed E-state index contributed by atoms with van der Waals surface area (Å²) < 4.78 is 1.68. The van der Waals surface area contributed by atoms with Crippen molar-refractivity contribution in [3.05, 3.63) is 30.1 Å². The summed E-state index contributed by atoms with van der Waals surface area (Å²) in [6, 6.07) is 1.51. The average molecular weight is 412 g/mol. The number of carbonyl (C=O) groups is 3. The van der Waals surface area contributed by atoms with Crippen molar-refractivity contribution >= 4 is 17.7 Å². The molecule has 0 spiro atoms. The first kappa shape index (κ1) is 19.3. The molecule has 3 saturated heterocycles. The molecule has 0 radical (unpaired) electrons. The molecule has 0 N–H and O–H groups in total. The van der Waals surface area contributed by atoms with Crippen molar-refractivity contribution in [1.29, 1.82) is 0 Å². The van der Waals surface area contributed by atoms with E-state index in [1.165, 1.54) is 0 Å². The molecule has 160 valence electrons. The van der Waals surface area contributed by atoms with Crippen molar-refractivity contribution < 1.29 is 14.4 Å². The molecule has 0 saturated carbocycles. The van der Waals surface area contributed by atoms with Crippen molar-refractivity contribution in [3.63, 3.8) is 0 Å². The van der Waals surface area contributed by atoms with Gasteiger partial charge < -0.3 is 14.7 Å². The Labute approximate surface area is 176 Å². The Balaban J connectivity index is 1.39. The highest BCUT2D eigenvalue weighted by molar-refractivity contribution is 5.89. The lowest BCUT2D eigenvalue weighted by Gasteiger charge is -2.56. The summed E-state index contributed by atoms with van der Waals surface area (Å²) >= 11 is 0. The van der Waals surface area contributed by atoms with E-state index in [1.54, 1.807) is 4.68 Å². The van der Waals surface area contributed by atoms with E-state index < -0.39 is 6.04 Å². The van der Waals surface area contributed by atoms with Crippen molar-refractivity contribution in [2.45, 2.75) is 51.2 Å². The van der Waals surface area contributed by atoms with E-state index in [0.717, 1.165) is 25.0 Å². The lowest BCUT2D eigenvalue weighted by atomic mass is 9.71. The summed E-state index contributed by atoms with van der Waals surface area (Å²) in [4.78, 5) is 45.0. The molecule has 5 rings (SSSR count). The van der Waals surface area contributed by atoms with Gasteiger partial charge in [0.2, 0.25) is 17.7 Å². The summed E-state index contributed by atoms with van der Waals surface area (Å²) in [5.74, 6) is 0.437. The zero-order chi connectivity index (χ0) is 20.8. The number of hydrogen-bond acceptors (Lipinski definition) is 4. The first-order valence-corrected chi connectivity index (χ1v) is 11.0. The maximum atomic E-state index is 13.4. The zero-order valence-corrected chi connectivity index (χ0v) is 17.4. The SMILES string of the molecule is Cc1ccn(CC(=O)N2C[C@H]3C[C@@H](C2)[C@H](C(=O)N2CC=CC2)N2C(=O)CCC[C@@H]32)n1. The first-order chi connectivity index (χ1) is 14.5. The minimum atomic E-state index is -0.443. The highest BCUT2D eigenvalue weighted by Crippen LogP contribution is 2.42. The van der Waals surface area contributed by atoms with Gasteiger partial charge in [0, 0.05) is 50.8 Å². The highest BCUT2D eigenvalue weighted by atomic mass is 16.2. The normalized spacial score (nSPS) is 30.6. The summed E-state index contributed by atoms with van der Waals surface area (Å²) in [5, 5.41) is 4.34. The van der Waals surface area contributed by atoms with E-state index >= 15 is 0 Å². The first-order valence-electron chi connectivity index (χ1n) is 11.0. The van der Waals surface area contributed by atoms with Gasteiger partial charge in [-0.2, -0.15) is 5.10 Å². The maximum Gasteiger partial charge on any atom is 0.246 e. The number of nitrogens with zero attached hydrogens (tertiary/aromatic N) is 5. The molecule has 1 aromatic rings. The number of likely N-dealkylation sites (tertiary alicyclic amines) is 1. The Kier molecular flexibility index (Phi) is 4.87. The van der Waals surface area contributed by atoms with Gasteiger partial charge >= 0.3 is 0 Å². The molecule has 1 aromatic heterocycles. The fourth-order valence-corrected chi connectivity index (χ4v) is 5.81. The Bertz CT molecular complexity index is 885. The van der Waals surface area contributed by atoms with Crippen LogP contribution in [0.5, 0.6) is 0 Å². The summed E-state index contributed by atoms with van der Waals surface area (Å²) in [7, 11) is 0. The molecule has 8 nitrogen and oxygen atoms in total. The molecule has 3 fully saturated rings. The summed E-state index contributed by atoms with van der Waals surface area (Å²) in [6.45, 7) is 4.54. The highest BCUT2D eigenvalue weighted by Gasteiger charge is 2.53. The maximum absolute atomic E-state index is 13.4. The van der Waals surface area contributed by atoms with Gasteiger partial charge in [0.1, 0.15) is 12.6 Å². The van der Waals surface area contributed by atoms with Gasteiger partial charge in [0.05, 0.1) is 5.69 Å². The molecule has 4 atom stereocenters.